The number of amides is 1. The van der Waals surface area contributed by atoms with E-state index in [2.05, 4.69) is 21.2 Å². The number of piperidine rings is 1. The Balaban J connectivity index is 0.998. The Morgan fingerprint density at radius 3 is 2.20 bits per heavy atom. The molecule has 8 aliphatic rings. The maximum Gasteiger partial charge on any atom is 0.329 e. The normalized spacial score (nSPS) is 41.6. The molecule has 6 bridgehead atoms. The summed E-state index contributed by atoms with van der Waals surface area (Å²) < 4.78 is 39.0. The van der Waals surface area contributed by atoms with E-state index in [1.54, 1.807) is 41.1 Å². The quantitative estimate of drug-likeness (QED) is 0.127. The highest BCUT2D eigenvalue weighted by Gasteiger charge is 2.54. The number of carbonyl (C=O) groups is 5. The lowest BCUT2D eigenvalue weighted by Gasteiger charge is -2.56. The van der Waals surface area contributed by atoms with E-state index >= 15 is 0 Å². The van der Waals surface area contributed by atoms with Crippen LogP contribution in [0.3, 0.4) is 0 Å². The molecule has 3 aliphatic heterocycles. The molecule has 1 aromatic heterocycles. The van der Waals surface area contributed by atoms with Crippen molar-refractivity contribution >= 4 is 29.2 Å². The number of nitrogens with zero attached hydrogens (tertiary/aromatic N) is 4. The number of cyclic esters (lactones) is 1. The van der Waals surface area contributed by atoms with E-state index in [1.807, 2.05) is 58.1 Å². The van der Waals surface area contributed by atoms with Crippen LogP contribution in [-0.2, 0) is 64.5 Å². The minimum absolute atomic E-state index is 0.0145. The van der Waals surface area contributed by atoms with Gasteiger partial charge in [-0.3, -0.25) is 19.2 Å². The number of hydrogen-bond donors (Lipinski definition) is 2. The van der Waals surface area contributed by atoms with Gasteiger partial charge in [-0.05, 0) is 163 Å². The van der Waals surface area contributed by atoms with Crippen molar-refractivity contribution in [3.05, 3.63) is 59.5 Å². The molecule has 15 atom stereocenters. The number of methoxy groups -OCH3 is 3. The third kappa shape index (κ3) is 14.8. The number of aromatic nitrogens is 3. The summed E-state index contributed by atoms with van der Waals surface area (Å²) >= 11 is 0. The lowest BCUT2D eigenvalue weighted by atomic mass is 9.53. The first-order chi connectivity index (χ1) is 38.6. The zero-order chi connectivity index (χ0) is 58.3. The molecule has 0 aromatic carbocycles. The summed E-state index contributed by atoms with van der Waals surface area (Å²) in [5.41, 5.74) is 2.18. The van der Waals surface area contributed by atoms with Gasteiger partial charge in [-0.1, -0.05) is 76.3 Å². The van der Waals surface area contributed by atoms with Gasteiger partial charge in [0, 0.05) is 58.5 Å². The van der Waals surface area contributed by atoms with Crippen LogP contribution in [0.25, 0.3) is 0 Å². The van der Waals surface area contributed by atoms with Crippen LogP contribution in [-0.4, -0.2) is 142 Å². The fraction of sp³-hybridized carbons (Fsp3) is 0.766. The van der Waals surface area contributed by atoms with Crippen LogP contribution in [0.5, 0.6) is 0 Å². The highest BCUT2D eigenvalue weighted by Crippen LogP contribution is 2.58. The van der Waals surface area contributed by atoms with E-state index in [-0.39, 0.29) is 66.5 Å². The third-order valence-electron chi connectivity index (χ3n) is 19.9. The van der Waals surface area contributed by atoms with Crippen LogP contribution in [0.2, 0.25) is 0 Å². The molecule has 5 aliphatic carbocycles. The second-order valence-electron chi connectivity index (χ2n) is 26.2. The summed E-state index contributed by atoms with van der Waals surface area (Å²) in [4.78, 5) is 73.2. The molecule has 81 heavy (non-hydrogen) atoms. The first kappa shape index (κ1) is 62.8. The minimum atomic E-state index is -2.44. The molecule has 17 nitrogen and oxygen atoms in total. The molecule has 1 amide bonds. The summed E-state index contributed by atoms with van der Waals surface area (Å²) in [6.45, 7) is 13.2. The molecule has 5 saturated carbocycles. The Morgan fingerprint density at radius 2 is 1.52 bits per heavy atom. The largest absolute Gasteiger partial charge is 0.460 e. The predicted molar refractivity (Wildman–Crippen MR) is 304 cm³/mol. The van der Waals surface area contributed by atoms with Gasteiger partial charge >= 0.3 is 5.97 Å². The Bertz CT molecular complexity index is 2450. The number of rotatable bonds is 10. The van der Waals surface area contributed by atoms with Crippen LogP contribution >= 0.6 is 0 Å². The van der Waals surface area contributed by atoms with Gasteiger partial charge in [-0.15, -0.1) is 5.10 Å². The van der Waals surface area contributed by atoms with Crippen molar-refractivity contribution in [1.82, 2.24) is 19.9 Å². The highest BCUT2D eigenvalue weighted by molar-refractivity contribution is 6.39. The van der Waals surface area contributed by atoms with E-state index in [9.17, 15) is 34.2 Å². The Hall–Kier alpha value is -4.23. The van der Waals surface area contributed by atoms with Crippen LogP contribution < -0.4 is 0 Å². The fourth-order valence-corrected chi connectivity index (χ4v) is 15.4. The second-order valence-corrected chi connectivity index (χ2v) is 26.2. The van der Waals surface area contributed by atoms with Crippen LogP contribution in [0.15, 0.2) is 53.8 Å². The summed E-state index contributed by atoms with van der Waals surface area (Å²) in [7, 11) is 4.68. The van der Waals surface area contributed by atoms with Gasteiger partial charge in [0.05, 0.1) is 42.8 Å². The van der Waals surface area contributed by atoms with E-state index in [4.69, 9.17) is 28.4 Å². The molecule has 0 spiro atoms. The van der Waals surface area contributed by atoms with Gasteiger partial charge in [0.25, 0.3) is 11.7 Å². The standard InChI is InChI=1S/C64H96N4O13/c1-38-16-12-11-13-17-39(2)54(76-8)31-50-21-19-44(7)64(75,81-50)60(72)61(73)67-23-15-14-18-51(67)62(74)80-55(32-52(69)40(3)25-43(6)58(71)59(78-10)57(70)42(5)24-38)41(4)26-45-20-22-53(56(30-45)77-9)79-37-49-36-68(66-65-49)63-33-46-27-47(34-63)29-48(28-46)35-63/h11-13,16-17,25,36,38,40-42,44-48,50-51,53-56,58-59,71,75H,14-15,18-24,26-35,37H2,1-10H3/b13-11+,16-12+,39-17+,43-25+/t38-,40-,41-,42-,44-,45+,46?,47?,48?,50+,51+,53-,54+,55+,56-,58-,59+,63?,64-/m1/s1. The average molecular weight is 1130 g/mol. The number of allylic oxidation sites excluding steroid dienone is 6. The zero-order valence-corrected chi connectivity index (χ0v) is 50.2. The number of aliphatic hydroxyl groups excluding tert-OH is 1. The van der Waals surface area contributed by atoms with E-state index in [0.717, 1.165) is 41.9 Å². The monoisotopic (exact) mass is 1130 g/mol. The number of ether oxygens (including phenoxy) is 6. The van der Waals surface area contributed by atoms with E-state index in [1.165, 1.54) is 50.5 Å². The van der Waals surface area contributed by atoms with Crippen molar-refractivity contribution in [1.29, 1.82) is 0 Å². The molecule has 17 heteroatoms. The van der Waals surface area contributed by atoms with Crippen molar-refractivity contribution in [2.45, 2.75) is 231 Å². The molecule has 2 saturated heterocycles. The summed E-state index contributed by atoms with van der Waals surface area (Å²) in [5.74, 6) is -5.54. The summed E-state index contributed by atoms with van der Waals surface area (Å²) in [6, 6.07) is -1.15. The summed E-state index contributed by atoms with van der Waals surface area (Å²) in [5, 5.41) is 33.0. The molecular weight excluding hydrogens is 1030 g/mol. The Labute approximate surface area is 481 Å². The molecule has 1 aromatic rings. The van der Waals surface area contributed by atoms with Crippen molar-refractivity contribution in [2.24, 2.45) is 53.3 Å². The second kappa shape index (κ2) is 27.7. The number of fused-ring (bicyclic) bond motifs is 3. The number of hydrogen-bond acceptors (Lipinski definition) is 15. The number of aliphatic hydroxyl groups is 2. The van der Waals surface area contributed by atoms with Crippen molar-refractivity contribution in [3.63, 3.8) is 0 Å². The predicted octanol–water partition coefficient (Wildman–Crippen LogP) is 8.92. The average Bonchev–Trinajstić information content (AvgIpc) is 4.11. The van der Waals surface area contributed by atoms with Gasteiger partial charge in [0.2, 0.25) is 5.79 Å². The zero-order valence-electron chi connectivity index (χ0n) is 50.2. The first-order valence-electron chi connectivity index (χ1n) is 30.7. The molecule has 0 radical (unpaired) electrons. The van der Waals surface area contributed by atoms with Crippen LogP contribution in [0, 0.1) is 53.3 Å². The van der Waals surface area contributed by atoms with Gasteiger partial charge in [0.1, 0.15) is 35.8 Å². The maximum atomic E-state index is 14.7. The van der Waals surface area contributed by atoms with Crippen molar-refractivity contribution in [3.8, 4) is 0 Å². The summed E-state index contributed by atoms with van der Waals surface area (Å²) in [6.07, 6.45) is 21.9. The van der Waals surface area contributed by atoms with Crippen LogP contribution in [0.4, 0.5) is 0 Å². The number of esters is 1. The van der Waals surface area contributed by atoms with Gasteiger partial charge < -0.3 is 43.5 Å². The SMILES string of the molecule is CO[C@H]1C[C@@H]2CC[C@@H](C)[C@@](O)(O2)C(=O)C(=O)N2CCCC[C@H]2C(=O)O[C@H]([C@H](C)C[C@@H]2CC[C@@H](OCc3cn(C45CC6CC(CC(C6)C4)C5)nn3)[C@H](OC)C2)CC(=O)[C@H](C)/C=C(\C)[C@@H](O)[C@@H](OC)C(=O)[C@H](C)C[C@H](C)/C=C/C=C/C=C/1C. The van der Waals surface area contributed by atoms with Crippen molar-refractivity contribution in [2.75, 3.05) is 27.9 Å². The van der Waals surface area contributed by atoms with E-state index < -0.39 is 77.8 Å². The number of ketones is 3. The highest BCUT2D eigenvalue weighted by atomic mass is 16.6. The molecule has 4 heterocycles. The minimum Gasteiger partial charge on any atom is -0.460 e. The molecule has 2 N–H and O–H groups in total. The van der Waals surface area contributed by atoms with Crippen molar-refractivity contribution < 1.29 is 62.6 Å². The Kier molecular flexibility index (Phi) is 21.4. The number of carbonyl (C=O) groups excluding carboxylic acids is 5. The molecule has 450 valence electrons. The maximum absolute atomic E-state index is 14.7. The molecule has 0 unspecified atom stereocenters. The van der Waals surface area contributed by atoms with Crippen LogP contribution in [0.1, 0.15) is 170 Å². The smallest absolute Gasteiger partial charge is 0.329 e. The van der Waals surface area contributed by atoms with Gasteiger partial charge in [-0.25, -0.2) is 9.48 Å². The number of Topliss-reactive ketones (excluding diaryl/α,β-unsaturated/α-hetero) is 3. The topological polar surface area (TPSA) is 215 Å². The van der Waals surface area contributed by atoms with Gasteiger partial charge in [-0.2, -0.15) is 0 Å². The van der Waals surface area contributed by atoms with E-state index in [0.29, 0.717) is 63.5 Å². The first-order valence-corrected chi connectivity index (χ1v) is 30.7. The Morgan fingerprint density at radius 1 is 0.802 bits per heavy atom. The molecule has 9 rings (SSSR count). The van der Waals surface area contributed by atoms with Gasteiger partial charge in [0.15, 0.2) is 5.78 Å². The lowest BCUT2D eigenvalue weighted by Crippen LogP contribution is -2.61. The molecular formula is C64H96N4O13. The third-order valence-corrected chi connectivity index (χ3v) is 19.9. The lowest BCUT2D eigenvalue weighted by molar-refractivity contribution is -0.265. The fourth-order valence-electron chi connectivity index (χ4n) is 15.4. The molecule has 7 fully saturated rings.